The van der Waals surface area contributed by atoms with E-state index in [-0.39, 0.29) is 6.42 Å². The maximum atomic E-state index is 11.4. The Balaban J connectivity index is 0. The molecule has 74 valence electrons. The van der Waals surface area contributed by atoms with Crippen molar-refractivity contribution < 1.29 is 26.1 Å². The van der Waals surface area contributed by atoms with Gasteiger partial charge in [0.25, 0.3) is 10.1 Å². The van der Waals surface area contributed by atoms with Crippen molar-refractivity contribution in [3.63, 3.8) is 0 Å². The minimum atomic E-state index is -3.67. The predicted molar refractivity (Wildman–Crippen MR) is 38.1 cm³/mol. The molecule has 7 heteroatoms. The van der Waals surface area contributed by atoms with Crippen LogP contribution < -0.4 is 0 Å². The highest BCUT2D eigenvalue weighted by molar-refractivity contribution is 7.85. The highest BCUT2D eigenvalue weighted by Gasteiger charge is 1.98. The molecule has 1 N–H and O–H groups in total. The third-order valence-corrected chi connectivity index (χ3v) is 0.515. The van der Waals surface area contributed by atoms with E-state index in [0.717, 1.165) is 0 Å². The van der Waals surface area contributed by atoms with Crippen LogP contribution in [-0.4, -0.2) is 19.2 Å². The maximum absolute atomic E-state index is 11.4. The average molecular weight is 206 g/mol. The lowest BCUT2D eigenvalue weighted by atomic mass is 10.4. The first-order valence-corrected chi connectivity index (χ1v) is 4.65. The van der Waals surface area contributed by atoms with Crippen LogP contribution in [0.3, 0.4) is 0 Å². The molecule has 0 fully saturated rings. The highest BCUT2D eigenvalue weighted by atomic mass is 32.2. The summed E-state index contributed by atoms with van der Waals surface area (Å²) >= 11 is 0. The topological polar surface area (TPSA) is 54.4 Å². The number of halogens is 3. The van der Waals surface area contributed by atoms with Crippen molar-refractivity contribution in [1.29, 1.82) is 0 Å². The lowest BCUT2D eigenvalue weighted by Gasteiger charge is -1.81. The van der Waals surface area contributed by atoms with Crippen molar-refractivity contribution >= 4 is 10.1 Å². The van der Waals surface area contributed by atoms with Crippen molar-refractivity contribution in [2.45, 2.75) is 13.3 Å². The molecule has 0 aliphatic rings. The summed E-state index contributed by atoms with van der Waals surface area (Å²) in [7, 11) is -3.67. The van der Waals surface area contributed by atoms with Gasteiger partial charge in [-0.15, -0.1) is 0 Å². The molecule has 0 aliphatic carbocycles. The van der Waals surface area contributed by atoms with E-state index in [0.29, 0.717) is 6.26 Å². The van der Waals surface area contributed by atoms with E-state index < -0.39 is 22.0 Å². The van der Waals surface area contributed by atoms with Gasteiger partial charge in [0.1, 0.15) is 0 Å². The fraction of sp³-hybridized carbons (Fsp3) is 0.600. The highest BCUT2D eigenvalue weighted by Crippen LogP contribution is 2.10. The second-order valence-electron chi connectivity index (χ2n) is 1.75. The summed E-state index contributed by atoms with van der Waals surface area (Å²) in [6.45, 7) is 1.33. The molecule has 0 aromatic rings. The van der Waals surface area contributed by atoms with E-state index >= 15 is 0 Å². The number of hydrogen-bond acceptors (Lipinski definition) is 2. The molecule has 0 spiro atoms. The smallest absolute Gasteiger partial charge is 0.286 e. The average Bonchev–Trinajstić information content (AvgIpc) is 1.82. The van der Waals surface area contributed by atoms with Gasteiger partial charge in [-0.25, -0.2) is 4.39 Å². The van der Waals surface area contributed by atoms with Crippen molar-refractivity contribution in [2.75, 3.05) is 6.26 Å². The molecule has 12 heavy (non-hydrogen) atoms. The second-order valence-corrected chi connectivity index (χ2v) is 3.22. The molecular weight excluding hydrogens is 197 g/mol. The number of rotatable bonds is 1. The van der Waals surface area contributed by atoms with E-state index in [9.17, 15) is 21.6 Å². The van der Waals surface area contributed by atoms with Gasteiger partial charge in [0.2, 0.25) is 0 Å². The van der Waals surface area contributed by atoms with Crippen molar-refractivity contribution in [3.05, 3.63) is 11.9 Å². The zero-order valence-corrected chi connectivity index (χ0v) is 7.33. The Morgan fingerprint density at radius 3 is 1.58 bits per heavy atom. The summed E-state index contributed by atoms with van der Waals surface area (Å²) in [6, 6.07) is 0. The van der Waals surface area contributed by atoms with Crippen LogP contribution in [0.4, 0.5) is 13.2 Å². The Morgan fingerprint density at radius 2 is 1.58 bits per heavy atom. The molecule has 0 saturated carbocycles. The first-order chi connectivity index (χ1) is 5.18. The molecule has 0 radical (unpaired) electrons. The molecule has 0 atom stereocenters. The van der Waals surface area contributed by atoms with Gasteiger partial charge in [-0.05, 0) is 0 Å². The van der Waals surface area contributed by atoms with Crippen LogP contribution in [0, 0.1) is 0 Å². The van der Waals surface area contributed by atoms with E-state index in [2.05, 4.69) is 0 Å². The van der Waals surface area contributed by atoms with Crippen LogP contribution in [0.15, 0.2) is 11.9 Å². The minimum Gasteiger partial charge on any atom is -0.286 e. The quantitative estimate of drug-likeness (QED) is 0.667. The Morgan fingerprint density at radius 1 is 1.33 bits per heavy atom. The Kier molecular flexibility index (Phi) is 7.01. The third kappa shape index (κ3) is 22.7. The number of allylic oxidation sites excluding steroid dienone is 1. The monoisotopic (exact) mass is 206 g/mol. The van der Waals surface area contributed by atoms with Crippen LogP contribution in [-0.2, 0) is 10.1 Å². The minimum absolute atomic E-state index is 0.220. The van der Waals surface area contributed by atoms with Crippen molar-refractivity contribution in [3.8, 4) is 0 Å². The van der Waals surface area contributed by atoms with Crippen molar-refractivity contribution in [2.24, 2.45) is 0 Å². The molecule has 0 saturated heterocycles. The van der Waals surface area contributed by atoms with E-state index in [1.54, 1.807) is 0 Å². The molecule has 0 bridgehead atoms. The maximum Gasteiger partial charge on any atom is 0.301 e. The van der Waals surface area contributed by atoms with Gasteiger partial charge in [-0.3, -0.25) is 4.55 Å². The Labute approximate surface area is 68.6 Å². The van der Waals surface area contributed by atoms with Crippen LogP contribution in [0.1, 0.15) is 13.3 Å². The zero-order valence-electron chi connectivity index (χ0n) is 6.51. The summed E-state index contributed by atoms with van der Waals surface area (Å²) in [4.78, 5) is 0. The normalized spacial score (nSPS) is 9.83. The molecule has 0 aliphatic heterocycles. The van der Waals surface area contributed by atoms with Gasteiger partial charge >= 0.3 is 6.08 Å². The molecular formula is C5H9F3O3S. The summed E-state index contributed by atoms with van der Waals surface area (Å²) in [5, 5.41) is 0. The van der Waals surface area contributed by atoms with E-state index in [1.165, 1.54) is 6.92 Å². The second kappa shape index (κ2) is 6.01. The summed E-state index contributed by atoms with van der Waals surface area (Å²) in [5.41, 5.74) is 0. The Bertz CT molecular complexity index is 233. The Hall–Kier alpha value is -0.560. The first kappa shape index (κ1) is 14.0. The molecule has 0 unspecified atom stereocenters. The van der Waals surface area contributed by atoms with Gasteiger partial charge in [0, 0.05) is 6.42 Å². The van der Waals surface area contributed by atoms with Crippen molar-refractivity contribution in [1.82, 2.24) is 0 Å². The molecule has 0 rings (SSSR count). The van der Waals surface area contributed by atoms with Crippen LogP contribution in [0.5, 0.6) is 0 Å². The number of hydrogen-bond donors (Lipinski definition) is 1. The van der Waals surface area contributed by atoms with Crippen LogP contribution >= 0.6 is 0 Å². The molecule has 0 heterocycles. The largest absolute Gasteiger partial charge is 0.301 e. The third-order valence-electron chi connectivity index (χ3n) is 0.515. The fourth-order valence-corrected chi connectivity index (χ4v) is 0.134. The van der Waals surface area contributed by atoms with Gasteiger partial charge in [0.05, 0.1) is 6.26 Å². The van der Waals surface area contributed by atoms with Crippen LogP contribution in [0.25, 0.3) is 0 Å². The van der Waals surface area contributed by atoms with Gasteiger partial charge in [-0.1, -0.05) is 6.92 Å². The fourth-order valence-electron chi connectivity index (χ4n) is 0.134. The van der Waals surface area contributed by atoms with E-state index in [1.807, 2.05) is 0 Å². The standard InChI is InChI=1S/C4H5F3.CH4O3S/c1-2-3(5)4(6)7;1-5(2,3)4/h2H2,1H3;1H3,(H,2,3,4). The molecule has 3 nitrogen and oxygen atoms in total. The zero-order chi connectivity index (χ0) is 10.4. The first-order valence-electron chi connectivity index (χ1n) is 2.80. The summed E-state index contributed by atoms with van der Waals surface area (Å²) < 4.78 is 59.1. The lowest BCUT2D eigenvalue weighted by molar-refractivity contribution is 0.373. The van der Waals surface area contributed by atoms with Crippen LogP contribution in [0.2, 0.25) is 0 Å². The molecule has 0 aromatic carbocycles. The van der Waals surface area contributed by atoms with Gasteiger partial charge in [-0.2, -0.15) is 17.2 Å². The molecule has 0 aromatic heterocycles. The van der Waals surface area contributed by atoms with E-state index in [4.69, 9.17) is 4.55 Å². The van der Waals surface area contributed by atoms with Gasteiger partial charge < -0.3 is 0 Å². The summed E-state index contributed by atoms with van der Waals surface area (Å²) in [6.07, 6.45) is -1.71. The molecule has 0 amide bonds. The SMILES string of the molecule is CCC(F)=C(F)F.CS(=O)(=O)O. The summed E-state index contributed by atoms with van der Waals surface area (Å²) in [5.74, 6) is -1.32. The predicted octanol–water partition coefficient (Wildman–Crippen LogP) is 1.98. The van der Waals surface area contributed by atoms with Gasteiger partial charge in [0.15, 0.2) is 5.83 Å². The lowest BCUT2D eigenvalue weighted by Crippen LogP contribution is -1.88.